The summed E-state index contributed by atoms with van der Waals surface area (Å²) in [5.41, 5.74) is 1.52. The van der Waals surface area contributed by atoms with Crippen molar-refractivity contribution in [3.8, 4) is 0 Å². The Morgan fingerprint density at radius 3 is 2.57 bits per heavy atom. The van der Waals surface area contributed by atoms with Crippen molar-refractivity contribution >= 4 is 51.7 Å². The van der Waals surface area contributed by atoms with Gasteiger partial charge in [0.15, 0.2) is 5.17 Å². The van der Waals surface area contributed by atoms with E-state index in [1.54, 1.807) is 4.90 Å². The van der Waals surface area contributed by atoms with Crippen LogP contribution in [0, 0.1) is 12.8 Å². The number of hydrogen-bond donors (Lipinski definition) is 0. The zero-order valence-corrected chi connectivity index (χ0v) is 14.6. The third-order valence-electron chi connectivity index (χ3n) is 3.42. The van der Waals surface area contributed by atoms with Gasteiger partial charge in [0.05, 0.1) is 15.8 Å². The second kappa shape index (κ2) is 7.03. The van der Waals surface area contributed by atoms with Gasteiger partial charge in [-0.3, -0.25) is 9.69 Å². The Labute approximate surface area is 139 Å². The highest BCUT2D eigenvalue weighted by Crippen LogP contribution is 2.36. The molecule has 1 fully saturated rings. The number of nitrogens with zero attached hydrogens (tertiary/aromatic N) is 2. The van der Waals surface area contributed by atoms with Crippen LogP contribution < -0.4 is 0 Å². The Hall–Kier alpha value is -0.710. The van der Waals surface area contributed by atoms with Crippen LogP contribution in [0.4, 0.5) is 5.69 Å². The second-order valence-electron chi connectivity index (χ2n) is 5.28. The predicted octanol–water partition coefficient (Wildman–Crippen LogP) is 4.91. The molecule has 1 aromatic rings. The zero-order chi connectivity index (χ0) is 15.6. The molecule has 0 bridgehead atoms. The maximum Gasteiger partial charge on any atom is 0.239 e. The molecule has 1 atom stereocenters. The lowest BCUT2D eigenvalue weighted by Crippen LogP contribution is -2.33. The number of carbonyl (C=O) groups is 1. The van der Waals surface area contributed by atoms with Gasteiger partial charge in [0, 0.05) is 6.54 Å². The Bertz CT molecular complexity index is 566. The van der Waals surface area contributed by atoms with Crippen LogP contribution in [0.2, 0.25) is 10.0 Å². The average molecular weight is 345 g/mol. The maximum atomic E-state index is 12.0. The summed E-state index contributed by atoms with van der Waals surface area (Å²) in [5.74, 6) is 0.955. The SMILES string of the molecule is CCC(C)CN1C(=O)CSC1=Nc1c(Cl)cc(C)cc1Cl. The monoisotopic (exact) mass is 344 g/mol. The Morgan fingerprint density at radius 2 is 2.00 bits per heavy atom. The fraction of sp³-hybridized carbons (Fsp3) is 0.467. The second-order valence-corrected chi connectivity index (χ2v) is 7.03. The van der Waals surface area contributed by atoms with Crippen LogP contribution in [-0.2, 0) is 4.79 Å². The number of thioether (sulfide) groups is 1. The van der Waals surface area contributed by atoms with Crippen molar-refractivity contribution in [1.82, 2.24) is 4.90 Å². The number of halogens is 2. The topological polar surface area (TPSA) is 32.7 Å². The van der Waals surface area contributed by atoms with Crippen LogP contribution in [0.1, 0.15) is 25.8 Å². The van der Waals surface area contributed by atoms with Gasteiger partial charge in [0.2, 0.25) is 5.91 Å². The van der Waals surface area contributed by atoms with Gasteiger partial charge in [0.25, 0.3) is 0 Å². The lowest BCUT2D eigenvalue weighted by molar-refractivity contribution is -0.124. The molecule has 0 spiro atoms. The van der Waals surface area contributed by atoms with Crippen LogP contribution in [0.25, 0.3) is 0 Å². The van der Waals surface area contributed by atoms with E-state index in [-0.39, 0.29) is 5.91 Å². The van der Waals surface area contributed by atoms with E-state index in [4.69, 9.17) is 23.2 Å². The maximum absolute atomic E-state index is 12.0. The van der Waals surface area contributed by atoms with E-state index in [1.165, 1.54) is 11.8 Å². The van der Waals surface area contributed by atoms with Gasteiger partial charge in [-0.05, 0) is 30.5 Å². The molecule has 1 aliphatic rings. The quantitative estimate of drug-likeness (QED) is 0.777. The van der Waals surface area contributed by atoms with Crippen molar-refractivity contribution in [1.29, 1.82) is 0 Å². The lowest BCUT2D eigenvalue weighted by atomic mass is 10.1. The molecule has 1 unspecified atom stereocenters. The van der Waals surface area contributed by atoms with Crippen molar-refractivity contribution in [2.45, 2.75) is 27.2 Å². The molecule has 1 aromatic carbocycles. The first kappa shape index (κ1) is 16.7. The number of rotatable bonds is 4. The van der Waals surface area contributed by atoms with E-state index in [1.807, 2.05) is 19.1 Å². The van der Waals surface area contributed by atoms with Crippen LogP contribution in [0.15, 0.2) is 17.1 Å². The van der Waals surface area contributed by atoms with Crippen molar-refractivity contribution in [2.24, 2.45) is 10.9 Å². The molecule has 1 aliphatic heterocycles. The molecule has 21 heavy (non-hydrogen) atoms. The van der Waals surface area contributed by atoms with Gasteiger partial charge >= 0.3 is 0 Å². The number of benzene rings is 1. The summed E-state index contributed by atoms with van der Waals surface area (Å²) >= 11 is 13.9. The summed E-state index contributed by atoms with van der Waals surface area (Å²) in [6, 6.07) is 3.65. The number of hydrogen-bond acceptors (Lipinski definition) is 3. The molecule has 1 amide bonds. The molecular formula is C15H18Cl2N2OS. The number of amides is 1. The molecule has 0 N–H and O–H groups in total. The summed E-state index contributed by atoms with van der Waals surface area (Å²) in [7, 11) is 0. The first-order chi connectivity index (χ1) is 9.92. The van der Waals surface area contributed by atoms with Crippen molar-refractivity contribution in [2.75, 3.05) is 12.3 Å². The third-order valence-corrected chi connectivity index (χ3v) is 4.95. The van der Waals surface area contributed by atoms with E-state index in [0.29, 0.717) is 39.1 Å². The first-order valence-electron chi connectivity index (χ1n) is 6.89. The lowest BCUT2D eigenvalue weighted by Gasteiger charge is -2.20. The fourth-order valence-electron chi connectivity index (χ4n) is 2.00. The van der Waals surface area contributed by atoms with Crippen molar-refractivity contribution < 1.29 is 4.79 Å². The molecule has 0 aromatic heterocycles. The first-order valence-corrected chi connectivity index (χ1v) is 8.64. The minimum absolute atomic E-state index is 0.0957. The van der Waals surface area contributed by atoms with E-state index >= 15 is 0 Å². The standard InChI is InChI=1S/C15H18Cl2N2OS/c1-4-9(2)7-19-13(20)8-21-15(19)18-14-11(16)5-10(3)6-12(14)17/h5-6,9H,4,7-8H2,1-3H3. The van der Waals surface area contributed by atoms with Gasteiger partial charge < -0.3 is 0 Å². The van der Waals surface area contributed by atoms with E-state index in [0.717, 1.165) is 12.0 Å². The smallest absolute Gasteiger partial charge is 0.239 e. The number of aryl methyl sites for hydroxylation is 1. The Balaban J connectivity index is 2.33. The molecule has 1 saturated heterocycles. The number of carbonyl (C=O) groups excluding carboxylic acids is 1. The highest BCUT2D eigenvalue weighted by atomic mass is 35.5. The molecule has 3 nitrogen and oxygen atoms in total. The number of aliphatic imine (C=N–C) groups is 1. The van der Waals surface area contributed by atoms with Crippen molar-refractivity contribution in [3.63, 3.8) is 0 Å². The molecule has 6 heteroatoms. The summed E-state index contributed by atoms with van der Waals surface area (Å²) in [6.45, 7) is 6.85. The molecular weight excluding hydrogens is 327 g/mol. The molecule has 114 valence electrons. The predicted molar refractivity (Wildman–Crippen MR) is 91.9 cm³/mol. The number of amidine groups is 1. The normalized spacial score (nSPS) is 18.6. The highest BCUT2D eigenvalue weighted by Gasteiger charge is 2.29. The molecule has 0 saturated carbocycles. The van der Waals surface area contributed by atoms with Gasteiger partial charge in [-0.1, -0.05) is 55.2 Å². The summed E-state index contributed by atoms with van der Waals surface area (Å²) in [6.07, 6.45) is 1.02. The summed E-state index contributed by atoms with van der Waals surface area (Å²) in [5, 5.41) is 1.71. The van der Waals surface area contributed by atoms with Crippen molar-refractivity contribution in [3.05, 3.63) is 27.7 Å². The minimum Gasteiger partial charge on any atom is -0.290 e. The Morgan fingerprint density at radius 1 is 1.38 bits per heavy atom. The van der Waals surface area contributed by atoms with Gasteiger partial charge in [-0.25, -0.2) is 4.99 Å². The molecule has 0 aliphatic carbocycles. The fourth-order valence-corrected chi connectivity index (χ4v) is 3.57. The molecule has 1 heterocycles. The highest BCUT2D eigenvalue weighted by molar-refractivity contribution is 8.15. The summed E-state index contributed by atoms with van der Waals surface area (Å²) in [4.78, 5) is 18.3. The van der Waals surface area contributed by atoms with Gasteiger partial charge in [0.1, 0.15) is 5.69 Å². The van der Waals surface area contributed by atoms with Crippen LogP contribution in [0.3, 0.4) is 0 Å². The third kappa shape index (κ3) is 3.93. The van der Waals surface area contributed by atoms with E-state index in [2.05, 4.69) is 18.8 Å². The van der Waals surface area contributed by atoms with E-state index < -0.39 is 0 Å². The van der Waals surface area contributed by atoms with Gasteiger partial charge in [-0.2, -0.15) is 0 Å². The van der Waals surface area contributed by atoms with Crippen LogP contribution in [0.5, 0.6) is 0 Å². The largest absolute Gasteiger partial charge is 0.290 e. The van der Waals surface area contributed by atoms with Crippen LogP contribution >= 0.6 is 35.0 Å². The Kier molecular flexibility index (Phi) is 5.58. The average Bonchev–Trinajstić information content (AvgIpc) is 2.75. The van der Waals surface area contributed by atoms with Crippen LogP contribution in [-0.4, -0.2) is 28.3 Å². The van der Waals surface area contributed by atoms with Gasteiger partial charge in [-0.15, -0.1) is 0 Å². The minimum atomic E-state index is 0.0957. The molecule has 2 rings (SSSR count). The zero-order valence-electron chi connectivity index (χ0n) is 12.3. The van der Waals surface area contributed by atoms with E-state index in [9.17, 15) is 4.79 Å². The summed E-state index contributed by atoms with van der Waals surface area (Å²) < 4.78 is 0. The molecule has 0 radical (unpaired) electrons.